The van der Waals surface area contributed by atoms with Crippen LogP contribution in [0.2, 0.25) is 0 Å². The fourth-order valence-corrected chi connectivity index (χ4v) is 4.53. The molecular weight excluding hydrogens is 329 g/mol. The van der Waals surface area contributed by atoms with Gasteiger partial charge in [-0.2, -0.15) is 4.31 Å². The van der Waals surface area contributed by atoms with E-state index in [2.05, 4.69) is 0 Å². The van der Waals surface area contributed by atoms with Crippen molar-refractivity contribution in [2.24, 2.45) is 0 Å². The number of halogens is 1. The molecule has 0 spiro atoms. The highest BCUT2D eigenvalue weighted by atomic mass is 32.2. The number of sulfonamides is 1. The van der Waals surface area contributed by atoms with E-state index in [0.717, 1.165) is 6.42 Å². The number of hydrogen-bond donors (Lipinski definition) is 0. The number of ether oxygens (including phenoxy) is 1. The Morgan fingerprint density at radius 3 is 2.50 bits per heavy atom. The topological polar surface area (TPSA) is 46.6 Å². The van der Waals surface area contributed by atoms with Gasteiger partial charge in [0, 0.05) is 12.6 Å². The van der Waals surface area contributed by atoms with Crippen LogP contribution >= 0.6 is 0 Å². The second-order valence-electron chi connectivity index (χ2n) is 5.82. The maximum Gasteiger partial charge on any atom is 0.243 e. The SMILES string of the molecule is O=S(=O)(c1ccc(F)cc1)N1CCOCC1CCc1ccccc1. The molecule has 4 nitrogen and oxygen atoms in total. The lowest BCUT2D eigenvalue weighted by Gasteiger charge is -2.34. The van der Waals surface area contributed by atoms with Gasteiger partial charge < -0.3 is 4.74 Å². The van der Waals surface area contributed by atoms with E-state index < -0.39 is 15.8 Å². The molecular formula is C18H20FNO3S. The smallest absolute Gasteiger partial charge is 0.243 e. The van der Waals surface area contributed by atoms with Gasteiger partial charge in [0.1, 0.15) is 5.82 Å². The van der Waals surface area contributed by atoms with E-state index in [0.29, 0.717) is 26.2 Å². The zero-order valence-electron chi connectivity index (χ0n) is 13.3. The third kappa shape index (κ3) is 3.83. The van der Waals surface area contributed by atoms with Crippen molar-refractivity contribution in [3.8, 4) is 0 Å². The lowest BCUT2D eigenvalue weighted by atomic mass is 10.1. The average molecular weight is 349 g/mol. The average Bonchev–Trinajstić information content (AvgIpc) is 2.61. The number of benzene rings is 2. The predicted molar refractivity (Wildman–Crippen MR) is 89.7 cm³/mol. The van der Waals surface area contributed by atoms with Gasteiger partial charge in [-0.25, -0.2) is 12.8 Å². The van der Waals surface area contributed by atoms with Gasteiger partial charge in [-0.05, 0) is 42.7 Å². The molecule has 1 saturated heterocycles. The monoisotopic (exact) mass is 349 g/mol. The zero-order valence-corrected chi connectivity index (χ0v) is 14.1. The molecule has 6 heteroatoms. The minimum absolute atomic E-state index is 0.121. The van der Waals surface area contributed by atoms with Crippen molar-refractivity contribution in [1.82, 2.24) is 4.31 Å². The Morgan fingerprint density at radius 1 is 1.08 bits per heavy atom. The van der Waals surface area contributed by atoms with Gasteiger partial charge in [-0.1, -0.05) is 30.3 Å². The summed E-state index contributed by atoms with van der Waals surface area (Å²) in [5.74, 6) is -0.448. The van der Waals surface area contributed by atoms with Crippen LogP contribution in [0.3, 0.4) is 0 Å². The summed E-state index contributed by atoms with van der Waals surface area (Å²) in [4.78, 5) is 0.121. The van der Waals surface area contributed by atoms with E-state index in [-0.39, 0.29) is 10.9 Å². The molecule has 24 heavy (non-hydrogen) atoms. The lowest BCUT2D eigenvalue weighted by Crippen LogP contribution is -2.48. The first-order chi connectivity index (χ1) is 11.6. The number of aryl methyl sites for hydroxylation is 1. The molecule has 1 fully saturated rings. The van der Waals surface area contributed by atoms with E-state index in [1.54, 1.807) is 0 Å². The van der Waals surface area contributed by atoms with Crippen LogP contribution in [-0.2, 0) is 21.2 Å². The van der Waals surface area contributed by atoms with Gasteiger partial charge in [-0.15, -0.1) is 0 Å². The van der Waals surface area contributed by atoms with Gasteiger partial charge in [0.15, 0.2) is 0 Å². The van der Waals surface area contributed by atoms with E-state index in [4.69, 9.17) is 4.74 Å². The molecule has 1 heterocycles. The van der Waals surface area contributed by atoms with Crippen LogP contribution in [-0.4, -0.2) is 38.5 Å². The van der Waals surface area contributed by atoms with Gasteiger partial charge >= 0.3 is 0 Å². The van der Waals surface area contributed by atoms with Crippen LogP contribution in [0, 0.1) is 5.82 Å². The fraction of sp³-hybridized carbons (Fsp3) is 0.333. The lowest BCUT2D eigenvalue weighted by molar-refractivity contribution is 0.0298. The van der Waals surface area contributed by atoms with E-state index in [1.807, 2.05) is 30.3 Å². The molecule has 128 valence electrons. The third-order valence-electron chi connectivity index (χ3n) is 4.20. The third-order valence-corrected chi connectivity index (χ3v) is 6.17. The van der Waals surface area contributed by atoms with Crippen LogP contribution in [0.25, 0.3) is 0 Å². The normalized spacial score (nSPS) is 19.3. The van der Waals surface area contributed by atoms with Crippen molar-refractivity contribution in [2.75, 3.05) is 19.8 Å². The highest BCUT2D eigenvalue weighted by Crippen LogP contribution is 2.23. The van der Waals surface area contributed by atoms with Crippen LogP contribution in [0.1, 0.15) is 12.0 Å². The van der Waals surface area contributed by atoms with Crippen LogP contribution < -0.4 is 0 Å². The fourth-order valence-electron chi connectivity index (χ4n) is 2.90. The molecule has 1 aliphatic heterocycles. The minimum atomic E-state index is -3.65. The highest BCUT2D eigenvalue weighted by molar-refractivity contribution is 7.89. The van der Waals surface area contributed by atoms with Crippen molar-refractivity contribution in [3.63, 3.8) is 0 Å². The standard InChI is InChI=1S/C18H20FNO3S/c19-16-7-10-18(11-8-16)24(21,22)20-12-13-23-14-17(20)9-6-15-4-2-1-3-5-15/h1-5,7-8,10-11,17H,6,9,12-14H2. The van der Waals surface area contributed by atoms with Gasteiger partial charge in [0.2, 0.25) is 10.0 Å². The van der Waals surface area contributed by atoms with Crippen LogP contribution in [0.5, 0.6) is 0 Å². The molecule has 2 aromatic rings. The summed E-state index contributed by atoms with van der Waals surface area (Å²) in [5.41, 5.74) is 1.17. The molecule has 0 saturated carbocycles. The highest BCUT2D eigenvalue weighted by Gasteiger charge is 2.33. The molecule has 2 aromatic carbocycles. The Morgan fingerprint density at radius 2 is 1.79 bits per heavy atom. The van der Waals surface area contributed by atoms with Crippen molar-refractivity contribution in [3.05, 3.63) is 66.0 Å². The quantitative estimate of drug-likeness (QED) is 0.834. The Kier molecular flexibility index (Phi) is 5.28. The molecule has 0 radical (unpaired) electrons. The maximum atomic E-state index is 13.1. The van der Waals surface area contributed by atoms with Gasteiger partial charge in [0.25, 0.3) is 0 Å². The maximum absolute atomic E-state index is 13.1. The van der Waals surface area contributed by atoms with Gasteiger partial charge in [-0.3, -0.25) is 0 Å². The number of nitrogens with zero attached hydrogens (tertiary/aromatic N) is 1. The molecule has 1 atom stereocenters. The summed E-state index contributed by atoms with van der Waals surface area (Å²) in [5, 5.41) is 0. The number of hydrogen-bond acceptors (Lipinski definition) is 3. The first-order valence-electron chi connectivity index (χ1n) is 7.96. The van der Waals surface area contributed by atoms with Crippen LogP contribution in [0.15, 0.2) is 59.5 Å². The molecule has 1 unspecified atom stereocenters. The summed E-state index contributed by atoms with van der Waals surface area (Å²) in [6, 6.07) is 14.7. The molecule has 0 N–H and O–H groups in total. The first-order valence-corrected chi connectivity index (χ1v) is 9.40. The van der Waals surface area contributed by atoms with E-state index in [1.165, 1.54) is 34.1 Å². The van der Waals surface area contributed by atoms with Crippen LogP contribution in [0.4, 0.5) is 4.39 Å². The Bertz CT molecular complexity index is 763. The second kappa shape index (κ2) is 7.42. The Labute approximate surface area is 141 Å². The summed E-state index contributed by atoms with van der Waals surface area (Å²) >= 11 is 0. The number of morpholine rings is 1. The van der Waals surface area contributed by atoms with Crippen molar-refractivity contribution in [1.29, 1.82) is 0 Å². The molecule has 1 aliphatic rings. The molecule has 0 bridgehead atoms. The van der Waals surface area contributed by atoms with Crippen molar-refractivity contribution < 1.29 is 17.5 Å². The predicted octanol–water partition coefficient (Wildman–Crippen LogP) is 2.85. The van der Waals surface area contributed by atoms with Gasteiger partial charge in [0.05, 0.1) is 18.1 Å². The van der Waals surface area contributed by atoms with E-state index >= 15 is 0 Å². The Balaban J connectivity index is 1.77. The largest absolute Gasteiger partial charge is 0.378 e. The first kappa shape index (κ1) is 17.1. The van der Waals surface area contributed by atoms with Crippen molar-refractivity contribution >= 4 is 10.0 Å². The summed E-state index contributed by atoms with van der Waals surface area (Å²) in [6.07, 6.45) is 1.47. The summed E-state index contributed by atoms with van der Waals surface area (Å²) in [6.45, 7) is 1.08. The van der Waals surface area contributed by atoms with E-state index in [9.17, 15) is 12.8 Å². The van der Waals surface area contributed by atoms with Crippen molar-refractivity contribution in [2.45, 2.75) is 23.8 Å². The molecule has 0 aliphatic carbocycles. The molecule has 0 amide bonds. The Hall–Kier alpha value is -1.76. The minimum Gasteiger partial charge on any atom is -0.378 e. The molecule has 3 rings (SSSR count). The molecule has 0 aromatic heterocycles. The summed E-state index contributed by atoms with van der Waals surface area (Å²) in [7, 11) is -3.65. The second-order valence-corrected chi connectivity index (χ2v) is 7.71. The summed E-state index contributed by atoms with van der Waals surface area (Å²) < 4.78 is 45.8. The number of rotatable bonds is 5. The zero-order chi connectivity index (χ0) is 17.0.